The Labute approximate surface area is 261 Å². The Balaban J connectivity index is 1.12. The second-order valence-electron chi connectivity index (χ2n) is 12.2. The molecule has 11 nitrogen and oxygen atoms in total. The molecule has 4 aliphatic rings. The number of aromatic nitrogens is 4. The van der Waals surface area contributed by atoms with Gasteiger partial charge in [-0.25, -0.2) is 23.4 Å². The zero-order chi connectivity index (χ0) is 30.8. The molecule has 0 spiro atoms. The molecule has 3 aromatic rings. The number of anilines is 1. The van der Waals surface area contributed by atoms with Gasteiger partial charge in [0.2, 0.25) is 5.91 Å². The number of hydrogen-bond acceptors (Lipinski definition) is 9. The minimum Gasteiger partial charge on any atom is -0.487 e. The van der Waals surface area contributed by atoms with Crippen LogP contribution in [0.5, 0.6) is 5.75 Å². The van der Waals surface area contributed by atoms with Gasteiger partial charge in [0, 0.05) is 76.4 Å². The lowest BCUT2D eigenvalue weighted by Crippen LogP contribution is -2.46. The molecule has 1 atom stereocenters. The first-order chi connectivity index (χ1) is 22.0. The Kier molecular flexibility index (Phi) is 8.90. The van der Waals surface area contributed by atoms with E-state index in [-0.39, 0.29) is 24.0 Å². The van der Waals surface area contributed by atoms with Crippen LogP contribution in [-0.4, -0.2) is 101 Å². The standard InChI is InChI=1S/C32H39F2N7O4/c33-23-4-5-28(25(34)17-23)45-24-6-9-39(10-7-24)32-31(22-18-35-41(19-22)30-3-1-2-14-44-30)36-27-20-40(11-8-26(27)37-32)29(42)21-38-12-15-43-16-13-38/h4-5,17-19,24,30H,1-3,6-16,20-21H2. The summed E-state index contributed by atoms with van der Waals surface area (Å²) in [5.41, 5.74) is 3.28. The van der Waals surface area contributed by atoms with Crippen molar-refractivity contribution in [2.75, 3.05) is 64.0 Å². The number of hydrogen-bond donors (Lipinski definition) is 0. The van der Waals surface area contributed by atoms with Crippen molar-refractivity contribution in [3.8, 4) is 17.0 Å². The van der Waals surface area contributed by atoms with E-state index >= 15 is 0 Å². The monoisotopic (exact) mass is 623 g/mol. The molecule has 45 heavy (non-hydrogen) atoms. The van der Waals surface area contributed by atoms with Gasteiger partial charge in [-0.2, -0.15) is 5.10 Å². The first-order valence-electron chi connectivity index (χ1n) is 16.0. The van der Waals surface area contributed by atoms with E-state index in [0.29, 0.717) is 65.2 Å². The van der Waals surface area contributed by atoms with E-state index in [4.69, 9.17) is 24.2 Å². The lowest BCUT2D eigenvalue weighted by Gasteiger charge is -2.35. The Morgan fingerprint density at radius 2 is 1.82 bits per heavy atom. The van der Waals surface area contributed by atoms with Gasteiger partial charge in [0.25, 0.3) is 0 Å². The third kappa shape index (κ3) is 6.80. The lowest BCUT2D eigenvalue weighted by molar-refractivity contribution is -0.134. The molecule has 240 valence electrons. The summed E-state index contributed by atoms with van der Waals surface area (Å²) < 4.78 is 46.8. The summed E-state index contributed by atoms with van der Waals surface area (Å²) in [6.07, 6.45) is 8.47. The van der Waals surface area contributed by atoms with Crippen LogP contribution in [0.4, 0.5) is 14.6 Å². The number of nitrogens with zero attached hydrogens (tertiary/aromatic N) is 7. The summed E-state index contributed by atoms with van der Waals surface area (Å²) in [6.45, 7) is 6.21. The van der Waals surface area contributed by atoms with Gasteiger partial charge in [-0.15, -0.1) is 0 Å². The van der Waals surface area contributed by atoms with E-state index in [2.05, 4.69) is 14.9 Å². The zero-order valence-corrected chi connectivity index (χ0v) is 25.4. The van der Waals surface area contributed by atoms with Gasteiger partial charge >= 0.3 is 0 Å². The van der Waals surface area contributed by atoms with Crippen LogP contribution in [0.2, 0.25) is 0 Å². The van der Waals surface area contributed by atoms with E-state index < -0.39 is 11.6 Å². The molecule has 3 saturated heterocycles. The summed E-state index contributed by atoms with van der Waals surface area (Å²) in [4.78, 5) is 29.8. The minimum absolute atomic E-state index is 0.0641. The number of morpholine rings is 1. The van der Waals surface area contributed by atoms with Gasteiger partial charge in [-0.3, -0.25) is 9.69 Å². The van der Waals surface area contributed by atoms with Gasteiger partial charge in [0.15, 0.2) is 17.4 Å². The number of piperidine rings is 1. The van der Waals surface area contributed by atoms with Crippen LogP contribution in [0, 0.1) is 11.6 Å². The number of amides is 1. The second kappa shape index (κ2) is 13.4. The molecular formula is C32H39F2N7O4. The van der Waals surface area contributed by atoms with E-state index in [1.807, 2.05) is 22.0 Å². The highest BCUT2D eigenvalue weighted by Gasteiger charge is 2.30. The summed E-state index contributed by atoms with van der Waals surface area (Å²) in [7, 11) is 0. The van der Waals surface area contributed by atoms with Crippen molar-refractivity contribution in [2.45, 2.75) is 57.4 Å². The van der Waals surface area contributed by atoms with Crippen molar-refractivity contribution in [1.29, 1.82) is 0 Å². The molecule has 1 aromatic carbocycles. The predicted molar refractivity (Wildman–Crippen MR) is 161 cm³/mol. The van der Waals surface area contributed by atoms with Crippen molar-refractivity contribution < 1.29 is 27.8 Å². The number of carbonyl (C=O) groups is 1. The highest BCUT2D eigenvalue weighted by Crippen LogP contribution is 2.34. The molecule has 0 N–H and O–H groups in total. The van der Waals surface area contributed by atoms with Crippen molar-refractivity contribution in [1.82, 2.24) is 29.5 Å². The van der Waals surface area contributed by atoms with Crippen molar-refractivity contribution >= 4 is 11.7 Å². The van der Waals surface area contributed by atoms with E-state index in [1.54, 1.807) is 0 Å². The molecular weight excluding hydrogens is 584 g/mol. The number of ether oxygens (including phenoxy) is 3. The fourth-order valence-electron chi connectivity index (χ4n) is 6.49. The van der Waals surface area contributed by atoms with Crippen LogP contribution in [0.3, 0.4) is 0 Å². The number of fused-ring (bicyclic) bond motifs is 1. The molecule has 6 heterocycles. The molecule has 0 radical (unpaired) electrons. The Morgan fingerprint density at radius 1 is 0.978 bits per heavy atom. The highest BCUT2D eigenvalue weighted by molar-refractivity contribution is 5.79. The van der Waals surface area contributed by atoms with Crippen LogP contribution in [0.25, 0.3) is 11.3 Å². The van der Waals surface area contributed by atoms with Crippen molar-refractivity contribution in [3.05, 3.63) is 53.6 Å². The third-order valence-corrected chi connectivity index (χ3v) is 9.06. The molecule has 2 aromatic heterocycles. The minimum atomic E-state index is -0.698. The highest BCUT2D eigenvalue weighted by atomic mass is 19.1. The smallest absolute Gasteiger partial charge is 0.237 e. The molecule has 4 aliphatic heterocycles. The number of rotatable bonds is 7. The van der Waals surface area contributed by atoms with Crippen LogP contribution in [0.15, 0.2) is 30.6 Å². The average molecular weight is 624 g/mol. The van der Waals surface area contributed by atoms with Gasteiger partial charge in [-0.1, -0.05) is 0 Å². The third-order valence-electron chi connectivity index (χ3n) is 9.06. The SMILES string of the molecule is O=C(CN1CCOCC1)N1CCc2nc(N3CCC(Oc4ccc(F)cc4F)CC3)c(-c3cnn(C4CCCCO4)c3)nc2C1. The topological polar surface area (TPSA) is 98.1 Å². The Bertz CT molecular complexity index is 1500. The summed E-state index contributed by atoms with van der Waals surface area (Å²) in [5.74, 6) is -0.392. The quantitative estimate of drug-likeness (QED) is 0.391. The Hall–Kier alpha value is -3.68. The Morgan fingerprint density at radius 3 is 2.60 bits per heavy atom. The van der Waals surface area contributed by atoms with Gasteiger partial charge < -0.3 is 24.0 Å². The maximum Gasteiger partial charge on any atom is 0.237 e. The molecule has 0 saturated carbocycles. The first-order valence-corrected chi connectivity index (χ1v) is 16.0. The largest absolute Gasteiger partial charge is 0.487 e. The zero-order valence-electron chi connectivity index (χ0n) is 25.4. The number of carbonyl (C=O) groups excluding carboxylic acids is 1. The summed E-state index contributed by atoms with van der Waals surface area (Å²) >= 11 is 0. The van der Waals surface area contributed by atoms with Crippen molar-refractivity contribution in [2.24, 2.45) is 0 Å². The van der Waals surface area contributed by atoms with Crippen LogP contribution < -0.4 is 9.64 Å². The lowest BCUT2D eigenvalue weighted by atomic mass is 10.1. The summed E-state index contributed by atoms with van der Waals surface area (Å²) in [5, 5.41) is 4.64. The van der Waals surface area contributed by atoms with Gasteiger partial charge in [-0.05, 0) is 31.4 Å². The molecule has 1 amide bonds. The molecule has 13 heteroatoms. The fraction of sp³-hybridized carbons (Fsp3) is 0.562. The average Bonchev–Trinajstić information content (AvgIpc) is 3.57. The maximum atomic E-state index is 14.2. The van der Waals surface area contributed by atoms with E-state index in [1.165, 1.54) is 12.1 Å². The molecule has 3 fully saturated rings. The number of benzene rings is 1. The molecule has 0 aliphatic carbocycles. The summed E-state index contributed by atoms with van der Waals surface area (Å²) in [6, 6.07) is 3.39. The van der Waals surface area contributed by atoms with Gasteiger partial charge in [0.05, 0.1) is 43.9 Å². The normalized spacial score (nSPS) is 21.5. The van der Waals surface area contributed by atoms with Gasteiger partial charge in [0.1, 0.15) is 23.8 Å². The predicted octanol–water partition coefficient (Wildman–Crippen LogP) is 3.58. The van der Waals surface area contributed by atoms with Crippen molar-refractivity contribution in [3.63, 3.8) is 0 Å². The molecule has 1 unspecified atom stereocenters. The van der Waals surface area contributed by atoms with Crippen LogP contribution in [-0.2, 0) is 27.2 Å². The van der Waals surface area contributed by atoms with Crippen LogP contribution >= 0.6 is 0 Å². The number of halogens is 2. The molecule has 0 bridgehead atoms. The fourth-order valence-corrected chi connectivity index (χ4v) is 6.49. The second-order valence-corrected chi connectivity index (χ2v) is 12.2. The first kappa shape index (κ1) is 30.0. The molecule has 7 rings (SSSR count). The van der Waals surface area contributed by atoms with E-state index in [9.17, 15) is 13.6 Å². The van der Waals surface area contributed by atoms with E-state index in [0.717, 1.165) is 73.5 Å². The maximum absolute atomic E-state index is 14.2. The van der Waals surface area contributed by atoms with Crippen LogP contribution in [0.1, 0.15) is 49.7 Å².